The van der Waals surface area contributed by atoms with E-state index in [0.717, 1.165) is 5.56 Å². The largest absolute Gasteiger partial charge is 0.468 e. The van der Waals surface area contributed by atoms with Crippen LogP contribution in [0.15, 0.2) is 47.1 Å². The van der Waals surface area contributed by atoms with Crippen LogP contribution in [0, 0.1) is 0 Å². The SMILES string of the molecule is COC(=O)C(c1ccc(Cl)cc1)N1CCN(C(=O)C(C)NC(=O)c2ccco2)CC1. The molecule has 0 bridgehead atoms. The Hall–Kier alpha value is -2.84. The summed E-state index contributed by atoms with van der Waals surface area (Å²) in [6, 6.07) is 8.95. The number of rotatable bonds is 6. The summed E-state index contributed by atoms with van der Waals surface area (Å²) >= 11 is 5.96. The zero-order valence-electron chi connectivity index (χ0n) is 16.8. The third kappa shape index (κ3) is 5.01. The van der Waals surface area contributed by atoms with Crippen LogP contribution < -0.4 is 5.32 Å². The number of halogens is 1. The molecule has 0 saturated carbocycles. The molecule has 2 unspecified atom stereocenters. The lowest BCUT2D eigenvalue weighted by Crippen LogP contribution is -2.55. The average Bonchev–Trinajstić information content (AvgIpc) is 3.30. The highest BCUT2D eigenvalue weighted by Gasteiger charge is 2.33. The van der Waals surface area contributed by atoms with Crippen molar-refractivity contribution in [3.8, 4) is 0 Å². The van der Waals surface area contributed by atoms with Gasteiger partial charge in [-0.15, -0.1) is 0 Å². The summed E-state index contributed by atoms with van der Waals surface area (Å²) in [6.07, 6.45) is 1.40. The van der Waals surface area contributed by atoms with Crippen LogP contribution >= 0.6 is 11.6 Å². The van der Waals surface area contributed by atoms with E-state index in [9.17, 15) is 14.4 Å². The van der Waals surface area contributed by atoms with Gasteiger partial charge in [0.2, 0.25) is 5.91 Å². The zero-order valence-corrected chi connectivity index (χ0v) is 17.6. The van der Waals surface area contributed by atoms with Crippen molar-refractivity contribution < 1.29 is 23.5 Å². The minimum absolute atomic E-state index is 0.156. The van der Waals surface area contributed by atoms with Crippen molar-refractivity contribution in [3.05, 3.63) is 59.0 Å². The normalized spacial score (nSPS) is 16.6. The number of hydrogen-bond acceptors (Lipinski definition) is 6. The lowest BCUT2D eigenvalue weighted by Gasteiger charge is -2.39. The molecule has 160 valence electrons. The molecular formula is C21H24ClN3O5. The number of piperazine rings is 1. The number of carbonyl (C=O) groups is 3. The fraction of sp³-hybridized carbons (Fsp3) is 0.381. The van der Waals surface area contributed by atoms with Gasteiger partial charge in [-0.05, 0) is 36.8 Å². The number of nitrogens with zero attached hydrogens (tertiary/aromatic N) is 2. The third-order valence-electron chi connectivity index (χ3n) is 5.06. The maximum Gasteiger partial charge on any atom is 0.327 e. The Morgan fingerprint density at radius 2 is 1.77 bits per heavy atom. The van der Waals surface area contributed by atoms with Crippen LogP contribution in [0.4, 0.5) is 0 Å². The van der Waals surface area contributed by atoms with E-state index in [2.05, 4.69) is 5.32 Å². The van der Waals surface area contributed by atoms with Gasteiger partial charge in [0.1, 0.15) is 12.1 Å². The molecule has 1 aromatic heterocycles. The summed E-state index contributed by atoms with van der Waals surface area (Å²) < 4.78 is 10.0. The molecule has 9 heteroatoms. The van der Waals surface area contributed by atoms with Gasteiger partial charge in [0, 0.05) is 31.2 Å². The predicted molar refractivity (Wildman–Crippen MR) is 110 cm³/mol. The molecule has 0 aliphatic carbocycles. The molecule has 0 spiro atoms. The van der Waals surface area contributed by atoms with Crippen molar-refractivity contribution in [2.75, 3.05) is 33.3 Å². The van der Waals surface area contributed by atoms with Crippen LogP contribution in [-0.2, 0) is 14.3 Å². The van der Waals surface area contributed by atoms with Crippen LogP contribution in [0.1, 0.15) is 29.1 Å². The van der Waals surface area contributed by atoms with E-state index in [-0.39, 0.29) is 17.6 Å². The molecule has 3 rings (SSSR count). The van der Waals surface area contributed by atoms with E-state index < -0.39 is 18.0 Å². The van der Waals surface area contributed by atoms with E-state index in [1.165, 1.54) is 19.4 Å². The Kier molecular flexibility index (Phi) is 7.12. The summed E-state index contributed by atoms with van der Waals surface area (Å²) in [5.74, 6) is -0.830. The molecule has 1 saturated heterocycles. The number of hydrogen-bond donors (Lipinski definition) is 1. The fourth-order valence-electron chi connectivity index (χ4n) is 3.46. The lowest BCUT2D eigenvalue weighted by atomic mass is 10.0. The Morgan fingerprint density at radius 3 is 2.33 bits per heavy atom. The van der Waals surface area contributed by atoms with Gasteiger partial charge in [0.15, 0.2) is 5.76 Å². The van der Waals surface area contributed by atoms with Crippen LogP contribution in [-0.4, -0.2) is 66.9 Å². The van der Waals surface area contributed by atoms with E-state index in [0.29, 0.717) is 31.2 Å². The predicted octanol–water partition coefficient (Wildman–Crippen LogP) is 2.11. The summed E-state index contributed by atoms with van der Waals surface area (Å²) in [4.78, 5) is 40.9. The maximum atomic E-state index is 12.7. The third-order valence-corrected chi connectivity index (χ3v) is 5.32. The number of amides is 2. The monoisotopic (exact) mass is 433 g/mol. The maximum absolute atomic E-state index is 12.7. The molecule has 0 radical (unpaired) electrons. The second kappa shape index (κ2) is 9.77. The van der Waals surface area contributed by atoms with Crippen LogP contribution in [0.5, 0.6) is 0 Å². The smallest absolute Gasteiger partial charge is 0.327 e. The number of nitrogens with one attached hydrogen (secondary N) is 1. The number of furan rings is 1. The highest BCUT2D eigenvalue weighted by Crippen LogP contribution is 2.25. The molecule has 30 heavy (non-hydrogen) atoms. The van der Waals surface area contributed by atoms with Gasteiger partial charge in [-0.2, -0.15) is 0 Å². The van der Waals surface area contributed by atoms with Gasteiger partial charge < -0.3 is 19.4 Å². The molecule has 2 atom stereocenters. The first-order chi connectivity index (χ1) is 14.4. The van der Waals surface area contributed by atoms with Crippen molar-refractivity contribution in [3.63, 3.8) is 0 Å². The average molecular weight is 434 g/mol. The second-order valence-electron chi connectivity index (χ2n) is 7.01. The van der Waals surface area contributed by atoms with E-state index in [1.807, 2.05) is 4.90 Å². The molecule has 1 fully saturated rings. The molecule has 2 amide bonds. The molecule has 1 aromatic carbocycles. The van der Waals surface area contributed by atoms with Crippen LogP contribution in [0.2, 0.25) is 5.02 Å². The van der Waals surface area contributed by atoms with Gasteiger partial charge in [-0.25, -0.2) is 4.79 Å². The first kappa shape index (κ1) is 21.9. The highest BCUT2D eigenvalue weighted by molar-refractivity contribution is 6.30. The number of benzene rings is 1. The highest BCUT2D eigenvalue weighted by atomic mass is 35.5. The molecule has 8 nitrogen and oxygen atoms in total. The Labute approximate surface area is 179 Å². The molecule has 2 heterocycles. The van der Waals surface area contributed by atoms with Crippen molar-refractivity contribution in [2.45, 2.75) is 19.0 Å². The first-order valence-corrected chi connectivity index (χ1v) is 9.99. The van der Waals surface area contributed by atoms with E-state index >= 15 is 0 Å². The van der Waals surface area contributed by atoms with Crippen molar-refractivity contribution >= 4 is 29.4 Å². The molecule has 1 aliphatic rings. The van der Waals surface area contributed by atoms with Gasteiger partial charge in [0.25, 0.3) is 5.91 Å². The van der Waals surface area contributed by atoms with Crippen molar-refractivity contribution in [1.82, 2.24) is 15.1 Å². The van der Waals surface area contributed by atoms with Gasteiger partial charge in [0.05, 0.1) is 13.4 Å². The molecule has 1 aliphatic heterocycles. The van der Waals surface area contributed by atoms with E-state index in [4.69, 9.17) is 20.8 Å². The Bertz CT molecular complexity index is 877. The standard InChI is InChI=1S/C21H24ClN3O5/c1-14(23-19(26)17-4-3-13-30-17)20(27)25-11-9-24(10-12-25)18(21(28)29-2)15-5-7-16(22)8-6-15/h3-8,13-14,18H,9-12H2,1-2H3,(H,23,26). The number of esters is 1. The quantitative estimate of drug-likeness (QED) is 0.701. The molecule has 1 N–H and O–H groups in total. The topological polar surface area (TPSA) is 92.1 Å². The Morgan fingerprint density at radius 1 is 1.10 bits per heavy atom. The zero-order chi connectivity index (χ0) is 21.7. The molecule has 2 aromatic rings. The minimum atomic E-state index is -0.693. The first-order valence-electron chi connectivity index (χ1n) is 9.61. The molecular weight excluding hydrogens is 410 g/mol. The number of ether oxygens (including phenoxy) is 1. The summed E-state index contributed by atoms with van der Waals surface area (Å²) in [5.41, 5.74) is 0.783. The van der Waals surface area contributed by atoms with Crippen LogP contribution in [0.3, 0.4) is 0 Å². The number of carbonyl (C=O) groups excluding carboxylic acids is 3. The van der Waals surface area contributed by atoms with Crippen molar-refractivity contribution in [2.24, 2.45) is 0 Å². The van der Waals surface area contributed by atoms with Crippen LogP contribution in [0.25, 0.3) is 0 Å². The summed E-state index contributed by atoms with van der Waals surface area (Å²) in [6.45, 7) is 3.49. The Balaban J connectivity index is 1.60. The second-order valence-corrected chi connectivity index (χ2v) is 7.45. The van der Waals surface area contributed by atoms with Gasteiger partial charge >= 0.3 is 5.97 Å². The van der Waals surface area contributed by atoms with Gasteiger partial charge in [-0.1, -0.05) is 23.7 Å². The number of methoxy groups -OCH3 is 1. The summed E-state index contributed by atoms with van der Waals surface area (Å²) in [7, 11) is 1.36. The lowest BCUT2D eigenvalue weighted by molar-refractivity contribution is -0.148. The van der Waals surface area contributed by atoms with E-state index in [1.54, 1.807) is 42.2 Å². The van der Waals surface area contributed by atoms with Crippen molar-refractivity contribution in [1.29, 1.82) is 0 Å². The minimum Gasteiger partial charge on any atom is -0.468 e. The van der Waals surface area contributed by atoms with Gasteiger partial charge in [-0.3, -0.25) is 14.5 Å². The fourth-order valence-corrected chi connectivity index (χ4v) is 3.59. The summed E-state index contributed by atoms with van der Waals surface area (Å²) in [5, 5.41) is 3.23.